The van der Waals surface area contributed by atoms with Gasteiger partial charge < -0.3 is 5.11 Å². The summed E-state index contributed by atoms with van der Waals surface area (Å²) in [6.07, 6.45) is 0.250. The molecule has 1 atom stereocenters. The van der Waals surface area contributed by atoms with Gasteiger partial charge in [-0.2, -0.15) is 5.26 Å². The Balaban J connectivity index is 2.35. The number of hydrogen-bond acceptors (Lipinski definition) is 2. The molecule has 2 nitrogen and oxygen atoms in total. The zero-order chi connectivity index (χ0) is 14.8. The second kappa shape index (κ2) is 5.74. The van der Waals surface area contributed by atoms with Crippen molar-refractivity contribution in [2.24, 2.45) is 0 Å². The molecule has 102 valence electrons. The van der Waals surface area contributed by atoms with Gasteiger partial charge in [0.05, 0.1) is 21.7 Å². The largest absolute Gasteiger partial charge is 0.385 e. The quantitative estimate of drug-likeness (QED) is 0.925. The third kappa shape index (κ3) is 3.06. The van der Waals surface area contributed by atoms with Crippen LogP contribution in [-0.4, -0.2) is 5.11 Å². The molecular weight excluding hydrogens is 321 g/mol. The first-order chi connectivity index (χ1) is 9.44. The number of rotatable bonds is 3. The van der Waals surface area contributed by atoms with Crippen molar-refractivity contribution in [3.8, 4) is 6.07 Å². The van der Waals surface area contributed by atoms with Crippen LogP contribution in [0.5, 0.6) is 0 Å². The van der Waals surface area contributed by atoms with E-state index >= 15 is 0 Å². The number of nitriles is 1. The monoisotopic (exact) mass is 333 g/mol. The maximum absolute atomic E-state index is 13.5. The van der Waals surface area contributed by atoms with Crippen molar-refractivity contribution in [1.29, 1.82) is 5.26 Å². The Morgan fingerprint density at radius 1 is 1.30 bits per heavy atom. The molecule has 1 N–H and O–H groups in total. The molecule has 0 radical (unpaired) electrons. The standard InChI is InChI=1S/C16H13BrFNO/c1-16(20,13-6-2-4-11(8-13)10-19)9-12-5-3-7-14(18)15(12)17/h2-8,20H,9H2,1H3. The summed E-state index contributed by atoms with van der Waals surface area (Å²) in [5.41, 5.74) is 0.620. The third-order valence-electron chi connectivity index (χ3n) is 3.18. The number of benzene rings is 2. The van der Waals surface area contributed by atoms with Crippen LogP contribution in [0.2, 0.25) is 0 Å². The lowest BCUT2D eigenvalue weighted by Gasteiger charge is -2.25. The second-order valence-electron chi connectivity index (χ2n) is 4.86. The topological polar surface area (TPSA) is 44.0 Å². The van der Waals surface area contributed by atoms with Crippen LogP contribution in [0.3, 0.4) is 0 Å². The van der Waals surface area contributed by atoms with Crippen molar-refractivity contribution < 1.29 is 9.50 Å². The van der Waals surface area contributed by atoms with Gasteiger partial charge in [-0.15, -0.1) is 0 Å². The van der Waals surface area contributed by atoms with E-state index < -0.39 is 5.60 Å². The molecule has 0 fully saturated rings. The van der Waals surface area contributed by atoms with Crippen LogP contribution < -0.4 is 0 Å². The summed E-state index contributed by atoms with van der Waals surface area (Å²) >= 11 is 3.20. The van der Waals surface area contributed by atoms with Gasteiger partial charge in [-0.05, 0) is 52.2 Å². The van der Waals surface area contributed by atoms with E-state index in [2.05, 4.69) is 15.9 Å². The van der Waals surface area contributed by atoms with Crippen LogP contribution in [0.4, 0.5) is 4.39 Å². The summed E-state index contributed by atoms with van der Waals surface area (Å²) in [6.45, 7) is 1.65. The van der Waals surface area contributed by atoms with E-state index in [-0.39, 0.29) is 12.2 Å². The molecule has 0 saturated heterocycles. The molecule has 0 spiro atoms. The minimum atomic E-state index is -1.18. The average molecular weight is 334 g/mol. The minimum absolute atomic E-state index is 0.250. The molecule has 0 aliphatic carbocycles. The average Bonchev–Trinajstić information content (AvgIpc) is 2.44. The molecule has 20 heavy (non-hydrogen) atoms. The van der Waals surface area contributed by atoms with Gasteiger partial charge in [-0.3, -0.25) is 0 Å². The van der Waals surface area contributed by atoms with Crippen LogP contribution in [0, 0.1) is 17.1 Å². The predicted molar refractivity (Wildman–Crippen MR) is 78.5 cm³/mol. The molecule has 1 unspecified atom stereocenters. The molecule has 0 aliphatic heterocycles. The van der Waals surface area contributed by atoms with Crippen LogP contribution in [0.15, 0.2) is 46.9 Å². The highest BCUT2D eigenvalue weighted by molar-refractivity contribution is 9.10. The Hall–Kier alpha value is -1.70. The van der Waals surface area contributed by atoms with Gasteiger partial charge in [0.1, 0.15) is 5.82 Å². The SMILES string of the molecule is CC(O)(Cc1cccc(F)c1Br)c1cccc(C#N)c1. The van der Waals surface area contributed by atoms with Gasteiger partial charge in [0.2, 0.25) is 0 Å². The van der Waals surface area contributed by atoms with Gasteiger partial charge in [0.15, 0.2) is 0 Å². The lowest BCUT2D eigenvalue weighted by Crippen LogP contribution is -2.24. The Bertz CT molecular complexity index is 676. The maximum atomic E-state index is 13.5. The summed E-state index contributed by atoms with van der Waals surface area (Å²) in [6, 6.07) is 13.6. The van der Waals surface area contributed by atoms with Gasteiger partial charge in [-0.1, -0.05) is 24.3 Å². The molecule has 2 aromatic carbocycles. The Labute approximate surface area is 125 Å². The van der Waals surface area contributed by atoms with E-state index in [4.69, 9.17) is 5.26 Å². The highest BCUT2D eigenvalue weighted by Gasteiger charge is 2.25. The van der Waals surface area contributed by atoms with Crippen molar-refractivity contribution in [2.45, 2.75) is 18.9 Å². The highest BCUT2D eigenvalue weighted by atomic mass is 79.9. The molecule has 0 aromatic heterocycles. The first-order valence-electron chi connectivity index (χ1n) is 6.10. The normalized spacial score (nSPS) is 13.6. The van der Waals surface area contributed by atoms with Crippen LogP contribution >= 0.6 is 15.9 Å². The molecule has 4 heteroatoms. The van der Waals surface area contributed by atoms with Crippen molar-refractivity contribution in [2.75, 3.05) is 0 Å². The van der Waals surface area contributed by atoms with Crippen molar-refractivity contribution in [1.82, 2.24) is 0 Å². The molecule has 0 amide bonds. The fourth-order valence-electron chi connectivity index (χ4n) is 2.08. The Morgan fingerprint density at radius 2 is 2.00 bits per heavy atom. The van der Waals surface area contributed by atoms with Crippen LogP contribution in [-0.2, 0) is 12.0 Å². The zero-order valence-corrected chi connectivity index (χ0v) is 12.5. The number of hydrogen-bond donors (Lipinski definition) is 1. The van der Waals surface area contributed by atoms with Crippen LogP contribution in [0.25, 0.3) is 0 Å². The predicted octanol–water partition coefficient (Wildman–Crippen LogP) is 3.91. The van der Waals surface area contributed by atoms with E-state index in [1.807, 2.05) is 6.07 Å². The Kier molecular flexibility index (Phi) is 4.22. The molecular formula is C16H13BrFNO. The lowest BCUT2D eigenvalue weighted by molar-refractivity contribution is 0.0573. The minimum Gasteiger partial charge on any atom is -0.385 e. The van der Waals surface area contributed by atoms with Crippen molar-refractivity contribution >= 4 is 15.9 Å². The summed E-state index contributed by atoms with van der Waals surface area (Å²) in [7, 11) is 0. The molecule has 2 rings (SSSR count). The van der Waals surface area contributed by atoms with Crippen molar-refractivity contribution in [3.05, 3.63) is 69.4 Å². The lowest BCUT2D eigenvalue weighted by atomic mass is 9.88. The van der Waals surface area contributed by atoms with E-state index in [9.17, 15) is 9.50 Å². The summed E-state index contributed by atoms with van der Waals surface area (Å²) in [4.78, 5) is 0. The third-order valence-corrected chi connectivity index (χ3v) is 4.07. The zero-order valence-electron chi connectivity index (χ0n) is 10.9. The first kappa shape index (κ1) is 14.7. The number of nitrogens with zero attached hydrogens (tertiary/aromatic N) is 1. The van der Waals surface area contributed by atoms with E-state index in [1.54, 1.807) is 43.3 Å². The van der Waals surface area contributed by atoms with Crippen molar-refractivity contribution in [3.63, 3.8) is 0 Å². The molecule has 0 bridgehead atoms. The summed E-state index contributed by atoms with van der Waals surface area (Å²) in [5.74, 6) is -0.357. The number of aliphatic hydroxyl groups is 1. The molecule has 2 aromatic rings. The molecule has 0 heterocycles. The Morgan fingerprint density at radius 3 is 2.70 bits per heavy atom. The van der Waals surface area contributed by atoms with E-state index in [0.29, 0.717) is 21.2 Å². The summed E-state index contributed by atoms with van der Waals surface area (Å²) in [5, 5.41) is 19.5. The second-order valence-corrected chi connectivity index (χ2v) is 5.65. The van der Waals surface area contributed by atoms with Gasteiger partial charge in [0.25, 0.3) is 0 Å². The maximum Gasteiger partial charge on any atom is 0.137 e. The highest BCUT2D eigenvalue weighted by Crippen LogP contribution is 2.30. The summed E-state index contributed by atoms with van der Waals surface area (Å²) < 4.78 is 13.9. The van der Waals surface area contributed by atoms with Crippen LogP contribution in [0.1, 0.15) is 23.6 Å². The van der Waals surface area contributed by atoms with Gasteiger partial charge in [-0.25, -0.2) is 4.39 Å². The van der Waals surface area contributed by atoms with Gasteiger partial charge >= 0.3 is 0 Å². The smallest absolute Gasteiger partial charge is 0.137 e. The van der Waals surface area contributed by atoms with E-state index in [0.717, 1.165) is 0 Å². The fourth-order valence-corrected chi connectivity index (χ4v) is 2.49. The fraction of sp³-hybridized carbons (Fsp3) is 0.188. The van der Waals surface area contributed by atoms with Gasteiger partial charge in [0, 0.05) is 6.42 Å². The number of halogens is 2. The van der Waals surface area contributed by atoms with E-state index in [1.165, 1.54) is 6.07 Å². The first-order valence-corrected chi connectivity index (χ1v) is 6.89. The molecule has 0 saturated carbocycles. The molecule has 0 aliphatic rings.